The number of benzene rings is 2. The number of hydrogen-bond acceptors (Lipinski definition) is 7. The van der Waals surface area contributed by atoms with Crippen LogP contribution in [0.5, 0.6) is 11.5 Å². The summed E-state index contributed by atoms with van der Waals surface area (Å²) in [7, 11) is 0. The minimum absolute atomic E-state index is 0.0792. The Hall–Kier alpha value is -3.30. The number of carbonyl (C=O) groups excluding carboxylic acids is 1. The summed E-state index contributed by atoms with van der Waals surface area (Å²) in [5.41, 5.74) is 2.26. The molecule has 4 aromatic rings. The van der Waals surface area contributed by atoms with Gasteiger partial charge in [0.1, 0.15) is 17.9 Å². The van der Waals surface area contributed by atoms with Gasteiger partial charge in [0.2, 0.25) is 5.91 Å². The van der Waals surface area contributed by atoms with E-state index in [1.165, 1.54) is 23.1 Å². The van der Waals surface area contributed by atoms with Gasteiger partial charge < -0.3 is 14.8 Å². The van der Waals surface area contributed by atoms with Gasteiger partial charge in [-0.3, -0.25) is 14.2 Å². The minimum Gasteiger partial charge on any atom is -0.486 e. The van der Waals surface area contributed by atoms with Gasteiger partial charge in [-0.2, -0.15) is 0 Å². The number of nitrogens with one attached hydrogen (secondary N) is 1. The molecule has 7 nitrogen and oxygen atoms in total. The van der Waals surface area contributed by atoms with Gasteiger partial charge in [0.15, 0.2) is 16.7 Å². The Kier molecular flexibility index (Phi) is 6.06. The highest BCUT2D eigenvalue weighted by molar-refractivity contribution is 7.99. The van der Waals surface area contributed by atoms with Crippen LogP contribution in [0.15, 0.2) is 64.5 Å². The largest absolute Gasteiger partial charge is 0.486 e. The molecule has 1 N–H and O–H groups in total. The molecule has 33 heavy (non-hydrogen) atoms. The highest BCUT2D eigenvalue weighted by atomic mass is 32.2. The number of amides is 1. The molecule has 0 spiro atoms. The molecule has 0 fully saturated rings. The lowest BCUT2D eigenvalue weighted by Gasteiger charge is -2.19. The molecule has 0 saturated heterocycles. The maximum absolute atomic E-state index is 13.1. The Bertz CT molecular complexity index is 1380. The van der Waals surface area contributed by atoms with Crippen molar-refractivity contribution in [1.82, 2.24) is 9.55 Å². The number of rotatable bonds is 6. The van der Waals surface area contributed by atoms with Crippen LogP contribution in [0.3, 0.4) is 0 Å². The number of carbonyl (C=O) groups is 1. The normalized spacial score (nSPS) is 12.6. The van der Waals surface area contributed by atoms with Gasteiger partial charge in [-0.05, 0) is 30.7 Å². The predicted octanol–water partition coefficient (Wildman–Crippen LogP) is 4.65. The van der Waals surface area contributed by atoms with E-state index in [1.807, 2.05) is 43.3 Å². The van der Waals surface area contributed by atoms with E-state index in [1.54, 1.807) is 22.8 Å². The second-order valence-electron chi connectivity index (χ2n) is 7.33. The van der Waals surface area contributed by atoms with Crippen molar-refractivity contribution in [2.24, 2.45) is 0 Å². The van der Waals surface area contributed by atoms with Gasteiger partial charge >= 0.3 is 0 Å². The molecule has 2 aromatic carbocycles. The van der Waals surface area contributed by atoms with Crippen LogP contribution in [0.25, 0.3) is 20.7 Å². The van der Waals surface area contributed by atoms with Crippen molar-refractivity contribution < 1.29 is 14.3 Å². The average molecular weight is 480 g/mol. The van der Waals surface area contributed by atoms with Crippen molar-refractivity contribution in [3.63, 3.8) is 0 Å². The molecular formula is C24H21N3O4S2. The fourth-order valence-electron chi connectivity index (χ4n) is 3.57. The van der Waals surface area contributed by atoms with Crippen LogP contribution in [-0.2, 0) is 11.3 Å². The highest BCUT2D eigenvalue weighted by Crippen LogP contribution is 2.33. The van der Waals surface area contributed by atoms with Crippen molar-refractivity contribution in [1.29, 1.82) is 0 Å². The van der Waals surface area contributed by atoms with E-state index in [9.17, 15) is 9.59 Å². The van der Waals surface area contributed by atoms with Crippen LogP contribution in [0.1, 0.15) is 6.92 Å². The van der Waals surface area contributed by atoms with Crippen molar-refractivity contribution in [3.8, 4) is 21.9 Å². The second-order valence-corrected chi connectivity index (χ2v) is 9.32. The summed E-state index contributed by atoms with van der Waals surface area (Å²) >= 11 is 2.70. The van der Waals surface area contributed by atoms with E-state index in [2.05, 4.69) is 5.32 Å². The molecule has 1 aliphatic rings. The Morgan fingerprint density at radius 2 is 1.91 bits per heavy atom. The van der Waals surface area contributed by atoms with Gasteiger partial charge in [-0.1, -0.05) is 42.1 Å². The summed E-state index contributed by atoms with van der Waals surface area (Å²) in [4.78, 5) is 31.4. The Morgan fingerprint density at radius 1 is 1.12 bits per heavy atom. The summed E-state index contributed by atoms with van der Waals surface area (Å²) < 4.78 is 13.3. The number of aromatic nitrogens is 2. The molecule has 1 amide bonds. The van der Waals surface area contributed by atoms with Crippen LogP contribution in [0.4, 0.5) is 5.69 Å². The third-order valence-corrected chi connectivity index (χ3v) is 7.27. The molecule has 2 aromatic heterocycles. The Balaban J connectivity index is 1.35. The lowest BCUT2D eigenvalue weighted by Crippen LogP contribution is -2.22. The van der Waals surface area contributed by atoms with Crippen LogP contribution < -0.4 is 20.3 Å². The fraction of sp³-hybridized carbons (Fsp3) is 0.208. The van der Waals surface area contributed by atoms with Crippen molar-refractivity contribution in [2.45, 2.75) is 18.6 Å². The van der Waals surface area contributed by atoms with E-state index < -0.39 is 0 Å². The molecule has 0 bridgehead atoms. The first-order valence-electron chi connectivity index (χ1n) is 10.5. The number of ether oxygens (including phenoxy) is 2. The zero-order valence-corrected chi connectivity index (χ0v) is 19.5. The monoisotopic (exact) mass is 479 g/mol. The van der Waals surface area contributed by atoms with E-state index in [0.717, 1.165) is 10.4 Å². The smallest absolute Gasteiger partial charge is 0.272 e. The number of fused-ring (bicyclic) bond motifs is 2. The molecule has 0 radical (unpaired) electrons. The summed E-state index contributed by atoms with van der Waals surface area (Å²) in [6, 6.07) is 17.2. The van der Waals surface area contributed by atoms with Gasteiger partial charge in [-0.25, -0.2) is 4.98 Å². The van der Waals surface area contributed by atoms with E-state index >= 15 is 0 Å². The molecule has 3 heterocycles. The lowest BCUT2D eigenvalue weighted by atomic mass is 10.2. The number of nitrogens with zero attached hydrogens (tertiary/aromatic N) is 2. The molecular weight excluding hydrogens is 458 g/mol. The van der Waals surface area contributed by atoms with Gasteiger partial charge in [-0.15, -0.1) is 11.3 Å². The van der Waals surface area contributed by atoms with Gasteiger partial charge in [0.05, 0.1) is 11.3 Å². The number of anilines is 1. The molecule has 168 valence electrons. The van der Waals surface area contributed by atoms with Crippen LogP contribution in [0, 0.1) is 0 Å². The summed E-state index contributed by atoms with van der Waals surface area (Å²) in [6.07, 6.45) is 0. The second kappa shape index (κ2) is 9.29. The van der Waals surface area contributed by atoms with Crippen LogP contribution in [0.2, 0.25) is 0 Å². The number of thioether (sulfide) groups is 1. The first-order chi connectivity index (χ1) is 16.1. The first-order valence-corrected chi connectivity index (χ1v) is 12.3. The van der Waals surface area contributed by atoms with Crippen molar-refractivity contribution in [3.05, 3.63) is 65.0 Å². The fourth-order valence-corrected chi connectivity index (χ4v) is 5.49. The van der Waals surface area contributed by atoms with Crippen molar-refractivity contribution >= 4 is 44.9 Å². The molecule has 9 heteroatoms. The molecule has 0 saturated carbocycles. The zero-order valence-electron chi connectivity index (χ0n) is 17.9. The maximum Gasteiger partial charge on any atom is 0.272 e. The predicted molar refractivity (Wildman–Crippen MR) is 132 cm³/mol. The summed E-state index contributed by atoms with van der Waals surface area (Å²) in [5.74, 6) is 1.22. The molecule has 0 unspecified atom stereocenters. The quantitative estimate of drug-likeness (QED) is 0.320. The molecule has 0 atom stereocenters. The third-order valence-electron chi connectivity index (χ3n) is 5.13. The van der Waals surface area contributed by atoms with Gasteiger partial charge in [0.25, 0.3) is 5.56 Å². The number of hydrogen-bond donors (Lipinski definition) is 1. The van der Waals surface area contributed by atoms with Crippen molar-refractivity contribution in [2.75, 3.05) is 24.3 Å². The minimum atomic E-state index is -0.191. The first kappa shape index (κ1) is 21.5. The molecule has 5 rings (SSSR count). The average Bonchev–Trinajstić information content (AvgIpc) is 3.28. The van der Waals surface area contributed by atoms with E-state index in [-0.39, 0.29) is 17.2 Å². The van der Waals surface area contributed by atoms with E-state index in [0.29, 0.717) is 52.3 Å². The topological polar surface area (TPSA) is 82.5 Å². The standard InChI is InChI=1S/C24H21N3O4S2/c1-2-27-23(29)22-17(13-20(33-22)15-6-4-3-5-7-15)26-24(27)32-14-21(28)25-16-8-9-18-19(12-16)31-11-10-30-18/h3-9,12-13H,2,10-11,14H2,1H3,(H,25,28). The van der Waals surface area contributed by atoms with Gasteiger partial charge in [0, 0.05) is 23.2 Å². The highest BCUT2D eigenvalue weighted by Gasteiger charge is 2.17. The SMILES string of the molecule is CCn1c(SCC(=O)Nc2ccc3c(c2)OCCO3)nc2cc(-c3ccccc3)sc2c1=O. The molecule has 0 aliphatic carbocycles. The van der Waals surface area contributed by atoms with Crippen LogP contribution in [-0.4, -0.2) is 34.4 Å². The van der Waals surface area contributed by atoms with Crippen LogP contribution >= 0.6 is 23.1 Å². The molecule has 1 aliphatic heterocycles. The number of thiophene rings is 1. The Morgan fingerprint density at radius 3 is 2.70 bits per heavy atom. The zero-order chi connectivity index (χ0) is 22.8. The third kappa shape index (κ3) is 4.46. The summed E-state index contributed by atoms with van der Waals surface area (Å²) in [6.45, 7) is 3.38. The van der Waals surface area contributed by atoms with E-state index in [4.69, 9.17) is 14.5 Å². The lowest BCUT2D eigenvalue weighted by molar-refractivity contribution is -0.113. The Labute approximate surface area is 198 Å². The maximum atomic E-state index is 13.1. The summed E-state index contributed by atoms with van der Waals surface area (Å²) in [5, 5.41) is 3.40.